The molecule has 0 fully saturated rings. The van der Waals surface area contributed by atoms with E-state index in [4.69, 9.17) is 4.74 Å². The van der Waals surface area contributed by atoms with Gasteiger partial charge in [-0.2, -0.15) is 5.10 Å². The molecule has 24 heavy (non-hydrogen) atoms. The molecule has 0 saturated carbocycles. The first-order chi connectivity index (χ1) is 11.7. The average Bonchev–Trinajstić information content (AvgIpc) is 3.23. The van der Waals surface area contributed by atoms with Gasteiger partial charge in [0.15, 0.2) is 5.82 Å². The average molecular weight is 318 g/mol. The van der Waals surface area contributed by atoms with Crippen molar-refractivity contribution in [1.29, 1.82) is 0 Å². The van der Waals surface area contributed by atoms with Crippen molar-refractivity contribution in [3.63, 3.8) is 0 Å². The highest BCUT2D eigenvalue weighted by atomic mass is 16.5. The maximum atomic E-state index is 5.55. The Kier molecular flexibility index (Phi) is 3.34. The highest BCUT2D eigenvalue weighted by molar-refractivity contribution is 5.94. The summed E-state index contributed by atoms with van der Waals surface area (Å²) in [5.74, 6) is 1.66. The lowest BCUT2D eigenvalue weighted by Crippen LogP contribution is -1.91. The highest BCUT2D eigenvalue weighted by Gasteiger charge is 2.14. The fourth-order valence-corrected chi connectivity index (χ4v) is 3.03. The van der Waals surface area contributed by atoms with E-state index in [1.807, 2.05) is 11.7 Å². The number of aromatic nitrogens is 4. The third-order valence-corrected chi connectivity index (χ3v) is 4.24. The van der Waals surface area contributed by atoms with Gasteiger partial charge in [0.05, 0.1) is 12.6 Å². The zero-order valence-electron chi connectivity index (χ0n) is 13.9. The van der Waals surface area contributed by atoms with E-state index < -0.39 is 0 Å². The van der Waals surface area contributed by atoms with Gasteiger partial charge in [-0.25, -0.2) is 4.98 Å². The van der Waals surface area contributed by atoms with E-state index in [1.54, 1.807) is 19.5 Å². The molecule has 4 aromatic rings. The van der Waals surface area contributed by atoms with E-state index in [0.29, 0.717) is 0 Å². The van der Waals surface area contributed by atoms with Crippen LogP contribution in [0.25, 0.3) is 33.5 Å². The summed E-state index contributed by atoms with van der Waals surface area (Å²) in [4.78, 5) is 7.44. The minimum absolute atomic E-state index is 0.779. The third-order valence-electron chi connectivity index (χ3n) is 4.24. The number of imidazole rings is 1. The van der Waals surface area contributed by atoms with Gasteiger partial charge >= 0.3 is 0 Å². The predicted octanol–water partition coefficient (Wildman–Crippen LogP) is 3.95. The number of methoxy groups -OCH3 is 1. The van der Waals surface area contributed by atoms with Crippen molar-refractivity contribution in [2.45, 2.75) is 6.92 Å². The number of H-pyrrole nitrogens is 1. The molecule has 0 radical (unpaired) electrons. The van der Waals surface area contributed by atoms with Crippen molar-refractivity contribution >= 4 is 10.9 Å². The summed E-state index contributed by atoms with van der Waals surface area (Å²) in [6.07, 6.45) is 3.54. The molecule has 0 aliphatic rings. The van der Waals surface area contributed by atoms with Crippen LogP contribution in [0.1, 0.15) is 5.56 Å². The summed E-state index contributed by atoms with van der Waals surface area (Å²) in [5.41, 5.74) is 5.28. The largest absolute Gasteiger partial charge is 0.496 e. The summed E-state index contributed by atoms with van der Waals surface area (Å²) in [7, 11) is 3.65. The number of ether oxygens (including phenoxy) is 1. The molecule has 0 spiro atoms. The smallest absolute Gasteiger partial charge is 0.158 e. The molecule has 0 amide bonds. The van der Waals surface area contributed by atoms with Crippen LogP contribution in [-0.4, -0.2) is 26.9 Å². The van der Waals surface area contributed by atoms with Gasteiger partial charge in [-0.1, -0.05) is 18.2 Å². The molecule has 0 aliphatic heterocycles. The fraction of sp³-hybridized carbons (Fsp3) is 0.158. The second-order valence-corrected chi connectivity index (χ2v) is 5.85. The van der Waals surface area contributed by atoms with E-state index in [-0.39, 0.29) is 0 Å². The van der Waals surface area contributed by atoms with Crippen molar-refractivity contribution in [2.75, 3.05) is 7.11 Å². The summed E-state index contributed by atoms with van der Waals surface area (Å²) in [6.45, 7) is 2.06. The number of nitrogens with zero attached hydrogens (tertiary/aromatic N) is 3. The Morgan fingerprint density at radius 2 is 2.00 bits per heavy atom. The number of benzene rings is 2. The molecule has 0 atom stereocenters. The van der Waals surface area contributed by atoms with E-state index in [0.717, 1.165) is 39.3 Å². The van der Waals surface area contributed by atoms with Crippen molar-refractivity contribution in [1.82, 2.24) is 19.7 Å². The Labute approximate surface area is 139 Å². The molecule has 120 valence electrons. The van der Waals surface area contributed by atoms with E-state index in [2.05, 4.69) is 58.4 Å². The first-order valence-electron chi connectivity index (χ1n) is 7.79. The Balaban J connectivity index is 1.90. The van der Waals surface area contributed by atoms with Gasteiger partial charge in [0.2, 0.25) is 0 Å². The lowest BCUT2D eigenvalue weighted by molar-refractivity contribution is 0.416. The van der Waals surface area contributed by atoms with Crippen molar-refractivity contribution in [2.24, 2.45) is 7.05 Å². The number of rotatable bonds is 3. The quantitative estimate of drug-likeness (QED) is 0.622. The van der Waals surface area contributed by atoms with Crippen LogP contribution in [0.5, 0.6) is 5.75 Å². The third kappa shape index (κ3) is 2.25. The second kappa shape index (κ2) is 5.53. The molecule has 0 saturated heterocycles. The molecular formula is C19H18N4O. The van der Waals surface area contributed by atoms with Gasteiger partial charge in [-0.05, 0) is 36.2 Å². The van der Waals surface area contributed by atoms with Gasteiger partial charge in [-0.3, -0.25) is 4.68 Å². The number of nitrogens with one attached hydrogen (secondary N) is 1. The van der Waals surface area contributed by atoms with Crippen LogP contribution in [0.15, 0.2) is 48.8 Å². The fourth-order valence-electron chi connectivity index (χ4n) is 3.03. The van der Waals surface area contributed by atoms with Crippen molar-refractivity contribution in [3.8, 4) is 28.4 Å². The van der Waals surface area contributed by atoms with Crippen LogP contribution in [0.3, 0.4) is 0 Å². The molecule has 4 rings (SSSR count). The minimum Gasteiger partial charge on any atom is -0.496 e. The van der Waals surface area contributed by atoms with E-state index in [9.17, 15) is 0 Å². The Hall–Kier alpha value is -3.08. The van der Waals surface area contributed by atoms with Gasteiger partial charge in [0.1, 0.15) is 11.4 Å². The molecule has 5 nitrogen and oxygen atoms in total. The number of hydrogen-bond donors (Lipinski definition) is 1. The van der Waals surface area contributed by atoms with Gasteiger partial charge < -0.3 is 9.72 Å². The lowest BCUT2D eigenvalue weighted by atomic mass is 10.0. The molecule has 2 heterocycles. The van der Waals surface area contributed by atoms with Crippen LogP contribution in [0.4, 0.5) is 0 Å². The molecule has 2 aromatic carbocycles. The summed E-state index contributed by atoms with van der Waals surface area (Å²) in [6, 6.07) is 12.6. The minimum atomic E-state index is 0.779. The maximum Gasteiger partial charge on any atom is 0.158 e. The molecule has 1 N–H and O–H groups in total. The molecule has 0 unspecified atom stereocenters. The van der Waals surface area contributed by atoms with Crippen molar-refractivity contribution in [3.05, 3.63) is 54.4 Å². The van der Waals surface area contributed by atoms with Gasteiger partial charge in [0, 0.05) is 30.4 Å². The van der Waals surface area contributed by atoms with E-state index in [1.165, 1.54) is 5.56 Å². The molecule has 0 aliphatic carbocycles. The first-order valence-corrected chi connectivity index (χ1v) is 7.79. The monoisotopic (exact) mass is 318 g/mol. The topological polar surface area (TPSA) is 55.7 Å². The summed E-state index contributed by atoms with van der Waals surface area (Å²) in [5, 5.41) is 5.69. The zero-order chi connectivity index (χ0) is 16.7. The highest BCUT2D eigenvalue weighted by Crippen LogP contribution is 2.34. The summed E-state index contributed by atoms with van der Waals surface area (Å²) < 4.78 is 7.44. The Morgan fingerprint density at radius 3 is 2.75 bits per heavy atom. The number of aromatic amines is 1. The lowest BCUT2D eigenvalue weighted by Gasteiger charge is -2.10. The van der Waals surface area contributed by atoms with Crippen LogP contribution >= 0.6 is 0 Å². The van der Waals surface area contributed by atoms with E-state index >= 15 is 0 Å². The SMILES string of the molecule is COc1cc(C)ccc1-c1ccc2c(-c3ncc[nH]3)nn(C)c2c1. The maximum absolute atomic E-state index is 5.55. The molecule has 5 heteroatoms. The van der Waals surface area contributed by atoms with Gasteiger partial charge in [0.25, 0.3) is 0 Å². The zero-order valence-corrected chi connectivity index (χ0v) is 13.9. The number of hydrogen-bond acceptors (Lipinski definition) is 3. The standard InChI is InChI=1S/C19H18N4O/c1-12-4-6-14(17(10-12)24-3)13-5-7-15-16(11-13)23(2)22-18(15)19-20-8-9-21-19/h4-11H,1-3H3,(H,20,21). The molecule has 0 bridgehead atoms. The molecule has 2 aromatic heterocycles. The van der Waals surface area contributed by atoms with Crippen LogP contribution in [0, 0.1) is 6.92 Å². The first kappa shape index (κ1) is 14.5. The predicted molar refractivity (Wildman–Crippen MR) is 95.0 cm³/mol. The van der Waals surface area contributed by atoms with Crippen LogP contribution in [-0.2, 0) is 7.05 Å². The number of aryl methyl sites for hydroxylation is 2. The van der Waals surface area contributed by atoms with Crippen LogP contribution < -0.4 is 4.74 Å². The van der Waals surface area contributed by atoms with Crippen LogP contribution in [0.2, 0.25) is 0 Å². The number of fused-ring (bicyclic) bond motifs is 1. The van der Waals surface area contributed by atoms with Gasteiger partial charge in [-0.15, -0.1) is 0 Å². The second-order valence-electron chi connectivity index (χ2n) is 5.85. The molecular weight excluding hydrogens is 300 g/mol. The Bertz CT molecular complexity index is 1020. The summed E-state index contributed by atoms with van der Waals surface area (Å²) >= 11 is 0. The normalized spacial score (nSPS) is 11.1. The Morgan fingerprint density at radius 1 is 1.12 bits per heavy atom. The van der Waals surface area contributed by atoms with Crippen molar-refractivity contribution < 1.29 is 4.74 Å².